The summed E-state index contributed by atoms with van der Waals surface area (Å²) in [7, 11) is 1.59. The van der Waals surface area contributed by atoms with Gasteiger partial charge in [0.05, 0.1) is 19.0 Å². The van der Waals surface area contributed by atoms with Crippen LogP contribution in [0.4, 0.5) is 10.6 Å². The third-order valence-electron chi connectivity index (χ3n) is 4.35. The highest BCUT2D eigenvalue weighted by Crippen LogP contribution is 2.33. The molecular weight excluding hydrogens is 382 g/mol. The van der Waals surface area contributed by atoms with Crippen LogP contribution in [0.5, 0.6) is 11.5 Å². The highest BCUT2D eigenvalue weighted by Gasteiger charge is 2.10. The van der Waals surface area contributed by atoms with Gasteiger partial charge >= 0.3 is 6.03 Å². The summed E-state index contributed by atoms with van der Waals surface area (Å²) < 4.78 is 11.4. The first-order valence-electron chi connectivity index (χ1n) is 9.18. The summed E-state index contributed by atoms with van der Waals surface area (Å²) in [4.78, 5) is 24.1. The molecule has 0 aliphatic rings. The fourth-order valence-corrected chi connectivity index (χ4v) is 2.93. The number of urea groups is 1. The molecule has 2 amide bonds. The van der Waals surface area contributed by atoms with Crippen LogP contribution in [-0.4, -0.2) is 28.1 Å². The number of hydrogen-bond acceptors (Lipinski definition) is 6. The second-order valence-electron chi connectivity index (χ2n) is 6.42. The van der Waals surface area contributed by atoms with Gasteiger partial charge in [-0.1, -0.05) is 30.3 Å². The van der Waals surface area contributed by atoms with Crippen LogP contribution in [-0.2, 0) is 6.61 Å². The number of pyridine rings is 1. The van der Waals surface area contributed by atoms with E-state index in [1.54, 1.807) is 7.11 Å². The van der Waals surface area contributed by atoms with Crippen molar-refractivity contribution in [2.75, 3.05) is 12.4 Å². The second-order valence-corrected chi connectivity index (χ2v) is 6.42. The Morgan fingerprint density at radius 1 is 1.03 bits per heavy atom. The molecular formula is C22H19N5O3. The summed E-state index contributed by atoms with van der Waals surface area (Å²) in [6.07, 6.45) is 1.43. The predicted octanol–water partition coefficient (Wildman–Crippen LogP) is 3.77. The van der Waals surface area contributed by atoms with E-state index in [4.69, 9.17) is 15.2 Å². The van der Waals surface area contributed by atoms with Gasteiger partial charge in [0.25, 0.3) is 0 Å². The van der Waals surface area contributed by atoms with Crippen molar-refractivity contribution in [3.05, 3.63) is 72.4 Å². The lowest BCUT2D eigenvalue weighted by atomic mass is 10.1. The number of carbonyl (C=O) groups is 1. The van der Waals surface area contributed by atoms with Gasteiger partial charge in [0.15, 0.2) is 23.0 Å². The molecule has 0 spiro atoms. The first-order valence-corrected chi connectivity index (χ1v) is 9.18. The van der Waals surface area contributed by atoms with Gasteiger partial charge in [-0.2, -0.15) is 0 Å². The smallest absolute Gasteiger partial charge is 0.317 e. The third-order valence-corrected chi connectivity index (χ3v) is 4.35. The number of aromatic nitrogens is 3. The minimum Gasteiger partial charge on any atom is -0.493 e. The zero-order valence-corrected chi connectivity index (χ0v) is 16.2. The van der Waals surface area contributed by atoms with Crippen LogP contribution >= 0.6 is 0 Å². The van der Waals surface area contributed by atoms with Gasteiger partial charge in [-0.15, -0.1) is 0 Å². The number of nitrogens with two attached hydrogens (primary N) is 1. The SMILES string of the molecule is COc1cc(-c2ccc3ncc(NC(N)=O)nc3n2)ccc1OCc1ccccc1. The number of fused-ring (bicyclic) bond motifs is 1. The molecule has 0 aliphatic carbocycles. The van der Waals surface area contributed by atoms with Gasteiger partial charge in [-0.3, -0.25) is 5.32 Å². The van der Waals surface area contributed by atoms with Crippen LogP contribution in [0.3, 0.4) is 0 Å². The zero-order valence-electron chi connectivity index (χ0n) is 16.2. The largest absolute Gasteiger partial charge is 0.493 e. The van der Waals surface area contributed by atoms with Crippen LogP contribution in [0.2, 0.25) is 0 Å². The van der Waals surface area contributed by atoms with Gasteiger partial charge in [0.1, 0.15) is 12.1 Å². The molecule has 0 saturated carbocycles. The summed E-state index contributed by atoms with van der Waals surface area (Å²) in [6.45, 7) is 0.440. The van der Waals surface area contributed by atoms with Crippen molar-refractivity contribution in [2.45, 2.75) is 6.61 Å². The molecule has 30 heavy (non-hydrogen) atoms. The Morgan fingerprint density at radius 2 is 1.87 bits per heavy atom. The van der Waals surface area contributed by atoms with Crippen LogP contribution in [0.25, 0.3) is 22.4 Å². The van der Waals surface area contributed by atoms with E-state index in [2.05, 4.69) is 20.3 Å². The van der Waals surface area contributed by atoms with Gasteiger partial charge in [0, 0.05) is 5.56 Å². The van der Waals surface area contributed by atoms with E-state index in [1.807, 2.05) is 60.7 Å². The van der Waals surface area contributed by atoms with Crippen molar-refractivity contribution < 1.29 is 14.3 Å². The maximum absolute atomic E-state index is 11.0. The molecule has 8 heteroatoms. The number of ether oxygens (including phenoxy) is 2. The number of carbonyl (C=O) groups excluding carboxylic acids is 1. The maximum Gasteiger partial charge on any atom is 0.317 e. The Morgan fingerprint density at radius 3 is 2.63 bits per heavy atom. The van der Waals surface area contributed by atoms with E-state index in [1.165, 1.54) is 6.20 Å². The van der Waals surface area contributed by atoms with Crippen LogP contribution in [0.1, 0.15) is 5.56 Å². The molecule has 3 N–H and O–H groups in total. The molecule has 4 aromatic rings. The number of nitrogens with one attached hydrogen (secondary N) is 1. The summed E-state index contributed by atoms with van der Waals surface area (Å²) in [5.41, 5.74) is 8.70. The molecule has 2 aromatic heterocycles. The number of anilines is 1. The Kier molecular flexibility index (Phi) is 5.38. The zero-order chi connectivity index (χ0) is 20.9. The van der Waals surface area contributed by atoms with E-state index in [-0.39, 0.29) is 5.82 Å². The topological polar surface area (TPSA) is 112 Å². The predicted molar refractivity (Wildman–Crippen MR) is 113 cm³/mol. The number of amides is 2. The Bertz CT molecular complexity index is 1200. The molecule has 4 rings (SSSR count). The average Bonchev–Trinajstić information content (AvgIpc) is 2.77. The van der Waals surface area contributed by atoms with Gasteiger partial charge < -0.3 is 15.2 Å². The normalized spacial score (nSPS) is 10.6. The quantitative estimate of drug-likeness (QED) is 0.509. The van der Waals surface area contributed by atoms with E-state index < -0.39 is 6.03 Å². The molecule has 0 fully saturated rings. The standard InChI is InChI=1S/C22H19N5O3/c1-29-19-11-15(7-10-18(19)30-13-14-5-3-2-4-6-14)16-8-9-17-21(25-16)26-20(12-24-17)27-22(23)28/h2-12H,13H2,1H3,(H3,23,25,26,27,28). The second kappa shape index (κ2) is 8.44. The summed E-state index contributed by atoms with van der Waals surface area (Å²) in [6, 6.07) is 18.5. The third kappa shape index (κ3) is 4.27. The Hall–Kier alpha value is -4.20. The first kappa shape index (κ1) is 19.1. The van der Waals surface area contributed by atoms with E-state index in [9.17, 15) is 4.79 Å². The lowest BCUT2D eigenvalue weighted by Crippen LogP contribution is -2.20. The number of primary amides is 1. The van der Waals surface area contributed by atoms with Crippen molar-refractivity contribution in [1.29, 1.82) is 0 Å². The Labute approximate surface area is 172 Å². The molecule has 8 nitrogen and oxygen atoms in total. The maximum atomic E-state index is 11.0. The summed E-state index contributed by atoms with van der Waals surface area (Å²) in [5, 5.41) is 2.40. The summed E-state index contributed by atoms with van der Waals surface area (Å²) in [5.74, 6) is 1.47. The van der Waals surface area contributed by atoms with Crippen molar-refractivity contribution >= 4 is 23.0 Å². The van der Waals surface area contributed by atoms with Crippen molar-refractivity contribution in [1.82, 2.24) is 15.0 Å². The minimum atomic E-state index is -0.712. The number of hydrogen-bond donors (Lipinski definition) is 2. The molecule has 2 aromatic carbocycles. The number of nitrogens with zero attached hydrogens (tertiary/aromatic N) is 3. The van der Waals surface area contributed by atoms with E-state index in [0.717, 1.165) is 11.1 Å². The molecule has 0 bridgehead atoms. The van der Waals surface area contributed by atoms with Crippen LogP contribution < -0.4 is 20.5 Å². The molecule has 0 unspecified atom stereocenters. The molecule has 0 saturated heterocycles. The van der Waals surface area contributed by atoms with E-state index >= 15 is 0 Å². The van der Waals surface area contributed by atoms with Crippen LogP contribution in [0.15, 0.2) is 66.9 Å². The number of rotatable bonds is 6. The van der Waals surface area contributed by atoms with Gasteiger partial charge in [-0.25, -0.2) is 19.7 Å². The van der Waals surface area contributed by atoms with Crippen molar-refractivity contribution in [2.24, 2.45) is 5.73 Å². The van der Waals surface area contributed by atoms with Crippen LogP contribution in [0, 0.1) is 0 Å². The fourth-order valence-electron chi connectivity index (χ4n) is 2.93. The molecule has 2 heterocycles. The highest BCUT2D eigenvalue weighted by molar-refractivity contribution is 5.87. The average molecular weight is 401 g/mol. The minimum absolute atomic E-state index is 0.238. The lowest BCUT2D eigenvalue weighted by Gasteiger charge is -2.12. The van der Waals surface area contributed by atoms with Crippen molar-refractivity contribution in [3.63, 3.8) is 0 Å². The van der Waals surface area contributed by atoms with Crippen molar-refractivity contribution in [3.8, 4) is 22.8 Å². The van der Waals surface area contributed by atoms with E-state index in [0.29, 0.717) is 35.0 Å². The number of benzene rings is 2. The number of methoxy groups -OCH3 is 1. The summed E-state index contributed by atoms with van der Waals surface area (Å²) >= 11 is 0. The van der Waals surface area contributed by atoms with Gasteiger partial charge in [-0.05, 0) is 35.9 Å². The Balaban J connectivity index is 1.61. The molecule has 0 aliphatic heterocycles. The molecule has 0 radical (unpaired) electrons. The first-order chi connectivity index (χ1) is 14.6. The highest BCUT2D eigenvalue weighted by atomic mass is 16.5. The van der Waals surface area contributed by atoms with Gasteiger partial charge in [0.2, 0.25) is 0 Å². The monoisotopic (exact) mass is 401 g/mol. The molecule has 150 valence electrons. The molecule has 0 atom stereocenters. The fraction of sp³-hybridized carbons (Fsp3) is 0.0909. The lowest BCUT2D eigenvalue weighted by molar-refractivity contribution is 0.259.